The van der Waals surface area contributed by atoms with Crippen molar-refractivity contribution in [1.82, 2.24) is 14.9 Å². The minimum absolute atomic E-state index is 0.0553. The average molecular weight is 274 g/mol. The molecule has 0 aliphatic carbocycles. The third kappa shape index (κ3) is 2.76. The molecule has 1 aromatic rings. The molecule has 108 valence electrons. The van der Waals surface area contributed by atoms with Gasteiger partial charge < -0.3 is 9.80 Å². The van der Waals surface area contributed by atoms with Crippen molar-refractivity contribution in [2.45, 2.75) is 32.6 Å². The Balaban J connectivity index is 1.72. The number of nitrogens with zero attached hydrogens (tertiary/aromatic N) is 4. The van der Waals surface area contributed by atoms with E-state index < -0.39 is 0 Å². The first-order chi connectivity index (χ1) is 9.74. The zero-order valence-electron chi connectivity index (χ0n) is 12.1. The Bertz CT molecular complexity index is 477. The lowest BCUT2D eigenvalue weighted by atomic mass is 9.99. The van der Waals surface area contributed by atoms with Crippen LogP contribution in [0.2, 0.25) is 0 Å². The van der Waals surface area contributed by atoms with Gasteiger partial charge in [0.25, 0.3) is 5.91 Å². The smallest absolute Gasteiger partial charge is 0.272 e. The van der Waals surface area contributed by atoms with Gasteiger partial charge in [0, 0.05) is 32.2 Å². The predicted molar refractivity (Wildman–Crippen MR) is 77.8 cm³/mol. The van der Waals surface area contributed by atoms with Crippen LogP contribution >= 0.6 is 0 Å². The first-order valence-electron chi connectivity index (χ1n) is 7.60. The number of rotatable bonds is 2. The predicted octanol–water partition coefficient (Wildman–Crippen LogP) is 1.95. The van der Waals surface area contributed by atoms with Crippen molar-refractivity contribution in [2.24, 2.45) is 5.92 Å². The van der Waals surface area contributed by atoms with Crippen LogP contribution < -0.4 is 4.90 Å². The molecule has 0 atom stereocenters. The maximum atomic E-state index is 12.5. The van der Waals surface area contributed by atoms with E-state index in [0.717, 1.165) is 50.8 Å². The lowest BCUT2D eigenvalue weighted by Gasteiger charge is -2.30. The van der Waals surface area contributed by atoms with E-state index in [1.807, 2.05) is 11.0 Å². The van der Waals surface area contributed by atoms with E-state index >= 15 is 0 Å². The molecule has 2 fully saturated rings. The number of amides is 1. The van der Waals surface area contributed by atoms with Crippen molar-refractivity contribution in [1.29, 1.82) is 0 Å². The van der Waals surface area contributed by atoms with E-state index in [0.29, 0.717) is 5.69 Å². The SMILES string of the molecule is CC1CCN(C(=O)c2cc(N3CCCC3)ncn2)CC1. The highest BCUT2D eigenvalue weighted by Crippen LogP contribution is 2.20. The number of hydrogen-bond donors (Lipinski definition) is 0. The zero-order chi connectivity index (χ0) is 13.9. The van der Waals surface area contributed by atoms with Gasteiger partial charge in [0.2, 0.25) is 0 Å². The van der Waals surface area contributed by atoms with Crippen LogP contribution in [-0.2, 0) is 0 Å². The van der Waals surface area contributed by atoms with E-state index in [-0.39, 0.29) is 5.91 Å². The van der Waals surface area contributed by atoms with Crippen LogP contribution in [0, 0.1) is 5.92 Å². The molecule has 0 unspecified atom stereocenters. The maximum absolute atomic E-state index is 12.5. The number of piperidine rings is 1. The van der Waals surface area contributed by atoms with Gasteiger partial charge in [-0.1, -0.05) is 6.92 Å². The summed E-state index contributed by atoms with van der Waals surface area (Å²) in [6, 6.07) is 1.85. The quantitative estimate of drug-likeness (QED) is 0.827. The van der Waals surface area contributed by atoms with Gasteiger partial charge in [0.15, 0.2) is 0 Å². The number of aromatic nitrogens is 2. The van der Waals surface area contributed by atoms with Crippen molar-refractivity contribution in [3.8, 4) is 0 Å². The Morgan fingerprint density at radius 3 is 2.55 bits per heavy atom. The molecule has 20 heavy (non-hydrogen) atoms. The summed E-state index contributed by atoms with van der Waals surface area (Å²) in [6.07, 6.45) is 6.12. The van der Waals surface area contributed by atoms with E-state index in [1.54, 1.807) is 0 Å². The first kappa shape index (κ1) is 13.3. The van der Waals surface area contributed by atoms with Crippen molar-refractivity contribution in [3.63, 3.8) is 0 Å². The van der Waals surface area contributed by atoms with E-state index in [4.69, 9.17) is 0 Å². The van der Waals surface area contributed by atoms with Gasteiger partial charge in [-0.15, -0.1) is 0 Å². The molecule has 2 saturated heterocycles. The van der Waals surface area contributed by atoms with Crippen molar-refractivity contribution >= 4 is 11.7 Å². The molecule has 0 N–H and O–H groups in total. The largest absolute Gasteiger partial charge is 0.357 e. The molecule has 0 radical (unpaired) electrons. The molecule has 1 aromatic heterocycles. The fourth-order valence-corrected chi connectivity index (χ4v) is 2.96. The Morgan fingerprint density at radius 2 is 1.85 bits per heavy atom. The summed E-state index contributed by atoms with van der Waals surface area (Å²) in [5, 5.41) is 0. The van der Waals surface area contributed by atoms with Crippen molar-refractivity contribution in [2.75, 3.05) is 31.1 Å². The molecule has 0 spiro atoms. The van der Waals surface area contributed by atoms with Gasteiger partial charge in [-0.25, -0.2) is 9.97 Å². The summed E-state index contributed by atoms with van der Waals surface area (Å²) in [4.78, 5) is 25.1. The summed E-state index contributed by atoms with van der Waals surface area (Å²) in [5.41, 5.74) is 0.538. The lowest BCUT2D eigenvalue weighted by molar-refractivity contribution is 0.0691. The van der Waals surface area contributed by atoms with Crippen LogP contribution in [0.3, 0.4) is 0 Å². The molecule has 5 heteroatoms. The summed E-state index contributed by atoms with van der Waals surface area (Å²) in [5.74, 6) is 1.68. The van der Waals surface area contributed by atoms with Crippen LogP contribution in [-0.4, -0.2) is 47.0 Å². The molecule has 2 aliphatic heterocycles. The molecule has 2 aliphatic rings. The summed E-state index contributed by atoms with van der Waals surface area (Å²) >= 11 is 0. The molecule has 0 aromatic carbocycles. The number of hydrogen-bond acceptors (Lipinski definition) is 4. The Kier molecular flexibility index (Phi) is 3.85. The maximum Gasteiger partial charge on any atom is 0.272 e. The van der Waals surface area contributed by atoms with Crippen molar-refractivity contribution < 1.29 is 4.79 Å². The molecule has 0 bridgehead atoms. The lowest BCUT2D eigenvalue weighted by Crippen LogP contribution is -2.38. The van der Waals surface area contributed by atoms with E-state index in [9.17, 15) is 4.79 Å². The van der Waals surface area contributed by atoms with Gasteiger partial charge in [0.05, 0.1) is 0 Å². The van der Waals surface area contributed by atoms with Crippen LogP contribution in [0.5, 0.6) is 0 Å². The number of carbonyl (C=O) groups is 1. The van der Waals surface area contributed by atoms with Crippen molar-refractivity contribution in [3.05, 3.63) is 18.1 Å². The molecular weight excluding hydrogens is 252 g/mol. The highest BCUT2D eigenvalue weighted by Gasteiger charge is 2.23. The Morgan fingerprint density at radius 1 is 1.15 bits per heavy atom. The third-order valence-electron chi connectivity index (χ3n) is 4.37. The highest BCUT2D eigenvalue weighted by molar-refractivity contribution is 5.93. The fraction of sp³-hybridized carbons (Fsp3) is 0.667. The summed E-state index contributed by atoms with van der Waals surface area (Å²) in [7, 11) is 0. The number of likely N-dealkylation sites (tertiary alicyclic amines) is 1. The summed E-state index contributed by atoms with van der Waals surface area (Å²) < 4.78 is 0. The minimum Gasteiger partial charge on any atom is -0.357 e. The summed E-state index contributed by atoms with van der Waals surface area (Å²) in [6.45, 7) is 6.02. The molecule has 1 amide bonds. The van der Waals surface area contributed by atoms with Crippen LogP contribution in [0.1, 0.15) is 43.1 Å². The molecule has 3 heterocycles. The number of anilines is 1. The second-order valence-electron chi connectivity index (χ2n) is 5.93. The fourth-order valence-electron chi connectivity index (χ4n) is 2.96. The van der Waals surface area contributed by atoms with E-state index in [1.165, 1.54) is 19.2 Å². The second-order valence-corrected chi connectivity index (χ2v) is 5.93. The van der Waals surface area contributed by atoms with E-state index in [2.05, 4.69) is 21.8 Å². The Hall–Kier alpha value is -1.65. The van der Waals surface area contributed by atoms with Crippen LogP contribution in [0.4, 0.5) is 5.82 Å². The van der Waals surface area contributed by atoms with Gasteiger partial charge in [-0.2, -0.15) is 0 Å². The normalized spacial score (nSPS) is 20.4. The molecular formula is C15H22N4O. The average Bonchev–Trinajstić information content (AvgIpc) is 3.02. The molecule has 0 saturated carbocycles. The topological polar surface area (TPSA) is 49.3 Å². The standard InChI is InChI=1S/C15H22N4O/c1-12-4-8-19(9-5-12)15(20)13-10-14(17-11-16-13)18-6-2-3-7-18/h10-12H,2-9H2,1H3. The van der Waals surface area contributed by atoms with Gasteiger partial charge in [0.1, 0.15) is 17.8 Å². The monoisotopic (exact) mass is 274 g/mol. The Labute approximate surface area is 120 Å². The van der Waals surface area contributed by atoms with Gasteiger partial charge in [-0.3, -0.25) is 4.79 Å². The highest BCUT2D eigenvalue weighted by atomic mass is 16.2. The molecule has 5 nitrogen and oxygen atoms in total. The van der Waals surface area contributed by atoms with Crippen LogP contribution in [0.25, 0.3) is 0 Å². The minimum atomic E-state index is 0.0553. The number of carbonyl (C=O) groups excluding carboxylic acids is 1. The molecule has 3 rings (SSSR count). The van der Waals surface area contributed by atoms with Gasteiger partial charge >= 0.3 is 0 Å². The van der Waals surface area contributed by atoms with Crippen LogP contribution in [0.15, 0.2) is 12.4 Å². The third-order valence-corrected chi connectivity index (χ3v) is 4.37. The van der Waals surface area contributed by atoms with Gasteiger partial charge in [-0.05, 0) is 31.6 Å². The zero-order valence-corrected chi connectivity index (χ0v) is 12.1. The second kappa shape index (κ2) is 5.77. The first-order valence-corrected chi connectivity index (χ1v) is 7.60.